The molecule has 4 aromatic rings. The van der Waals surface area contributed by atoms with Crippen LogP contribution in [0.1, 0.15) is 51.5 Å². The van der Waals surface area contributed by atoms with E-state index in [0.29, 0.717) is 35.9 Å². The quantitative estimate of drug-likeness (QED) is 0.431. The number of nitrogens with zero attached hydrogens (tertiary/aromatic N) is 2. The largest absolute Gasteiger partial charge is 0.507 e. The van der Waals surface area contributed by atoms with Crippen molar-refractivity contribution < 1.29 is 19.1 Å². The highest BCUT2D eigenvalue weighted by atomic mass is 16.5. The maximum absolute atomic E-state index is 13.5. The molecule has 1 aliphatic rings. The minimum Gasteiger partial charge on any atom is -0.507 e. The molecule has 1 aliphatic heterocycles. The van der Waals surface area contributed by atoms with Crippen LogP contribution in [0.3, 0.4) is 0 Å². The number of benzene rings is 2. The summed E-state index contributed by atoms with van der Waals surface area (Å²) in [6.07, 6.45) is 1.60. The average Bonchev–Trinajstić information content (AvgIpc) is 3.48. The first-order valence-electron chi connectivity index (χ1n) is 10.9. The molecule has 0 aliphatic carbocycles. The van der Waals surface area contributed by atoms with Gasteiger partial charge in [-0.15, -0.1) is 0 Å². The number of aryl methyl sites for hydroxylation is 2. The van der Waals surface area contributed by atoms with E-state index in [0.717, 1.165) is 28.0 Å². The second-order valence-electron chi connectivity index (χ2n) is 8.26. The standard InChI is InChI=1S/C26H25N3O4/c1-4-32-18-8-5-7-17(13-18)25-22-23(21-16(3)11-15(2)12-20(21)30)27-28-24(22)26(31)29(25)14-19-9-6-10-33-19/h5-13,25,30H,4,14H2,1-3H3,(H,27,28). The van der Waals surface area contributed by atoms with Crippen molar-refractivity contribution in [2.45, 2.75) is 33.4 Å². The normalized spacial score (nSPS) is 15.2. The molecule has 0 saturated carbocycles. The Hall–Kier alpha value is -4.00. The van der Waals surface area contributed by atoms with Gasteiger partial charge < -0.3 is 19.2 Å². The SMILES string of the molecule is CCOc1cccc(C2c3c(-c4c(C)cc(C)cc4O)n[nH]c3C(=O)N2Cc2ccco2)c1. The second-order valence-corrected chi connectivity index (χ2v) is 8.26. The van der Waals surface area contributed by atoms with E-state index in [4.69, 9.17) is 9.15 Å². The van der Waals surface area contributed by atoms with E-state index in [-0.39, 0.29) is 11.7 Å². The minimum absolute atomic E-state index is 0.139. The number of aromatic nitrogens is 2. The van der Waals surface area contributed by atoms with Crippen LogP contribution < -0.4 is 4.74 Å². The third-order valence-electron chi connectivity index (χ3n) is 5.95. The van der Waals surface area contributed by atoms with Gasteiger partial charge in [-0.1, -0.05) is 18.2 Å². The smallest absolute Gasteiger partial charge is 0.273 e. The number of H-pyrrole nitrogens is 1. The van der Waals surface area contributed by atoms with Gasteiger partial charge >= 0.3 is 0 Å². The van der Waals surface area contributed by atoms with Gasteiger partial charge in [0.25, 0.3) is 5.91 Å². The van der Waals surface area contributed by atoms with Crippen LogP contribution >= 0.6 is 0 Å². The molecule has 0 saturated heterocycles. The van der Waals surface area contributed by atoms with Gasteiger partial charge in [-0.05, 0) is 67.8 Å². The molecule has 1 amide bonds. The van der Waals surface area contributed by atoms with Crippen LogP contribution in [0.2, 0.25) is 0 Å². The number of phenolic OH excluding ortho intramolecular Hbond substituents is 1. The molecule has 7 heteroatoms. The van der Waals surface area contributed by atoms with Gasteiger partial charge in [-0.3, -0.25) is 9.89 Å². The van der Waals surface area contributed by atoms with Crippen LogP contribution in [0.25, 0.3) is 11.3 Å². The second kappa shape index (κ2) is 8.16. The van der Waals surface area contributed by atoms with Crippen molar-refractivity contribution >= 4 is 5.91 Å². The summed E-state index contributed by atoms with van der Waals surface area (Å²) in [7, 11) is 0. The molecule has 1 unspecified atom stereocenters. The number of amides is 1. The number of nitrogens with one attached hydrogen (secondary N) is 1. The molecule has 1 atom stereocenters. The van der Waals surface area contributed by atoms with E-state index < -0.39 is 6.04 Å². The van der Waals surface area contributed by atoms with Crippen LogP contribution in [0.15, 0.2) is 59.2 Å². The van der Waals surface area contributed by atoms with Crippen molar-refractivity contribution in [1.29, 1.82) is 0 Å². The van der Waals surface area contributed by atoms with Gasteiger partial charge in [0, 0.05) is 11.1 Å². The molecule has 168 valence electrons. The van der Waals surface area contributed by atoms with Crippen molar-refractivity contribution in [3.8, 4) is 22.8 Å². The van der Waals surface area contributed by atoms with Crippen LogP contribution in [-0.2, 0) is 6.54 Å². The predicted octanol–water partition coefficient (Wildman–Crippen LogP) is 5.14. The number of ether oxygens (including phenoxy) is 1. The third-order valence-corrected chi connectivity index (χ3v) is 5.95. The average molecular weight is 444 g/mol. The van der Waals surface area contributed by atoms with Gasteiger partial charge in [0.1, 0.15) is 28.6 Å². The van der Waals surface area contributed by atoms with Crippen molar-refractivity contribution in [3.63, 3.8) is 0 Å². The fourth-order valence-electron chi connectivity index (χ4n) is 4.66. The predicted molar refractivity (Wildman–Crippen MR) is 123 cm³/mol. The Balaban J connectivity index is 1.69. The first-order chi connectivity index (χ1) is 16.0. The topological polar surface area (TPSA) is 91.6 Å². The molecule has 7 nitrogen and oxygen atoms in total. The van der Waals surface area contributed by atoms with Gasteiger partial charge in [0.05, 0.1) is 25.5 Å². The number of furan rings is 1. The highest BCUT2D eigenvalue weighted by Gasteiger charge is 2.43. The Morgan fingerprint density at radius 3 is 2.76 bits per heavy atom. The number of aromatic amines is 1. The molecule has 33 heavy (non-hydrogen) atoms. The molecular weight excluding hydrogens is 418 g/mol. The molecule has 2 N–H and O–H groups in total. The summed E-state index contributed by atoms with van der Waals surface area (Å²) < 4.78 is 11.3. The lowest BCUT2D eigenvalue weighted by atomic mass is 9.93. The zero-order chi connectivity index (χ0) is 23.1. The maximum Gasteiger partial charge on any atom is 0.273 e. The van der Waals surface area contributed by atoms with Crippen molar-refractivity contribution in [2.24, 2.45) is 0 Å². The van der Waals surface area contributed by atoms with Gasteiger partial charge in [0.2, 0.25) is 0 Å². The van der Waals surface area contributed by atoms with E-state index in [2.05, 4.69) is 10.2 Å². The third kappa shape index (κ3) is 3.55. The number of carbonyl (C=O) groups excluding carboxylic acids is 1. The molecule has 3 heterocycles. The Morgan fingerprint density at radius 1 is 1.18 bits per heavy atom. The Morgan fingerprint density at radius 2 is 2.03 bits per heavy atom. The first kappa shape index (κ1) is 20.9. The molecule has 0 bridgehead atoms. The molecule has 2 aromatic heterocycles. The maximum atomic E-state index is 13.5. The number of hydrogen-bond acceptors (Lipinski definition) is 5. The zero-order valence-corrected chi connectivity index (χ0v) is 18.8. The highest BCUT2D eigenvalue weighted by Crippen LogP contribution is 2.46. The van der Waals surface area contributed by atoms with Gasteiger partial charge in [-0.25, -0.2) is 0 Å². The lowest BCUT2D eigenvalue weighted by molar-refractivity contribution is 0.0716. The molecule has 2 aromatic carbocycles. The Labute approximate surface area is 191 Å². The van der Waals surface area contributed by atoms with E-state index >= 15 is 0 Å². The minimum atomic E-state index is -0.424. The van der Waals surface area contributed by atoms with Crippen molar-refractivity contribution in [3.05, 3.63) is 88.5 Å². The molecule has 5 rings (SSSR count). The summed E-state index contributed by atoms with van der Waals surface area (Å²) in [5, 5.41) is 18.2. The number of fused-ring (bicyclic) bond motifs is 1. The number of carbonyl (C=O) groups is 1. The van der Waals surface area contributed by atoms with Crippen molar-refractivity contribution in [1.82, 2.24) is 15.1 Å². The van der Waals surface area contributed by atoms with Crippen molar-refractivity contribution in [2.75, 3.05) is 6.61 Å². The van der Waals surface area contributed by atoms with E-state index in [1.165, 1.54) is 0 Å². The van der Waals surface area contributed by atoms with E-state index in [1.807, 2.05) is 57.2 Å². The van der Waals surface area contributed by atoms with Crippen LogP contribution in [0.4, 0.5) is 0 Å². The Bertz CT molecular complexity index is 1300. The van der Waals surface area contributed by atoms with Gasteiger partial charge in [0.15, 0.2) is 0 Å². The van der Waals surface area contributed by atoms with E-state index in [1.54, 1.807) is 23.3 Å². The molecule has 0 fully saturated rings. The van der Waals surface area contributed by atoms with Crippen LogP contribution in [0, 0.1) is 13.8 Å². The molecule has 0 radical (unpaired) electrons. The lowest BCUT2D eigenvalue weighted by Crippen LogP contribution is -2.29. The number of phenols is 1. The molecular formula is C26H25N3O4. The Kier molecular flexibility index (Phi) is 5.17. The number of rotatable bonds is 6. The zero-order valence-electron chi connectivity index (χ0n) is 18.8. The summed E-state index contributed by atoms with van der Waals surface area (Å²) in [5.74, 6) is 1.38. The summed E-state index contributed by atoms with van der Waals surface area (Å²) in [6, 6.07) is 14.7. The summed E-state index contributed by atoms with van der Waals surface area (Å²) in [4.78, 5) is 15.3. The lowest BCUT2D eigenvalue weighted by Gasteiger charge is -2.26. The summed E-state index contributed by atoms with van der Waals surface area (Å²) >= 11 is 0. The molecule has 0 spiro atoms. The summed E-state index contributed by atoms with van der Waals surface area (Å²) in [5.41, 5.74) is 5.09. The number of hydrogen-bond donors (Lipinski definition) is 2. The highest BCUT2D eigenvalue weighted by molar-refractivity contribution is 6.00. The fourth-order valence-corrected chi connectivity index (χ4v) is 4.66. The van der Waals surface area contributed by atoms with Crippen LogP contribution in [-0.4, -0.2) is 32.7 Å². The number of aromatic hydroxyl groups is 1. The monoisotopic (exact) mass is 443 g/mol. The van der Waals surface area contributed by atoms with E-state index in [9.17, 15) is 9.90 Å². The fraction of sp³-hybridized carbons (Fsp3) is 0.231. The van der Waals surface area contributed by atoms with Gasteiger partial charge in [-0.2, -0.15) is 5.10 Å². The summed E-state index contributed by atoms with van der Waals surface area (Å²) in [6.45, 7) is 6.65. The van der Waals surface area contributed by atoms with Crippen LogP contribution in [0.5, 0.6) is 11.5 Å². The first-order valence-corrected chi connectivity index (χ1v) is 10.9.